The lowest BCUT2D eigenvalue weighted by molar-refractivity contribution is -0.139. The molecule has 0 atom stereocenters. The molecule has 1 aliphatic heterocycles. The molecule has 30 heavy (non-hydrogen) atoms. The van der Waals surface area contributed by atoms with Crippen molar-refractivity contribution in [1.29, 1.82) is 0 Å². The quantitative estimate of drug-likeness (QED) is 0.727. The van der Waals surface area contributed by atoms with Crippen molar-refractivity contribution >= 4 is 38.5 Å². The molecule has 0 radical (unpaired) electrons. The Morgan fingerprint density at radius 2 is 1.83 bits per heavy atom. The molecular weight excluding hydrogens is 396 g/mol. The van der Waals surface area contributed by atoms with E-state index < -0.39 is 5.91 Å². The topological polar surface area (TPSA) is 79.5 Å². The summed E-state index contributed by atoms with van der Waals surface area (Å²) in [6.45, 7) is 2.35. The zero-order valence-corrected chi connectivity index (χ0v) is 18.4. The summed E-state index contributed by atoms with van der Waals surface area (Å²) in [5.74, 6) is 0.344. The molecule has 4 rings (SSSR count). The molecule has 2 N–H and O–H groups in total. The number of amides is 2. The first-order chi connectivity index (χ1) is 14.6. The molecule has 0 bridgehead atoms. The Morgan fingerprint density at radius 3 is 2.53 bits per heavy atom. The van der Waals surface area contributed by atoms with Gasteiger partial charge in [-0.3, -0.25) is 9.59 Å². The fourth-order valence-corrected chi connectivity index (χ4v) is 5.86. The Labute approximate surface area is 182 Å². The largest absolute Gasteiger partial charge is 0.368 e. The van der Waals surface area contributed by atoms with E-state index in [0.717, 1.165) is 43.0 Å². The fourth-order valence-electron chi connectivity index (χ4n) is 4.84. The molecule has 2 fully saturated rings. The fraction of sp³-hybridized carbons (Fsp3) is 0.609. The summed E-state index contributed by atoms with van der Waals surface area (Å²) in [6.07, 6.45) is 8.99. The Bertz CT molecular complexity index is 836. The molecule has 7 heteroatoms. The number of nitrogens with two attached hydrogens (primary N) is 1. The lowest BCUT2D eigenvalue weighted by atomic mass is 9.86. The summed E-state index contributed by atoms with van der Waals surface area (Å²) in [5, 5.41) is 1.04. The Kier molecular flexibility index (Phi) is 6.87. The number of thiazole rings is 1. The number of primary amides is 1. The number of hydrogen-bond donors (Lipinski definition) is 1. The van der Waals surface area contributed by atoms with Crippen LogP contribution in [-0.4, -0.2) is 47.9 Å². The number of anilines is 1. The van der Waals surface area contributed by atoms with Crippen LogP contribution in [0.25, 0.3) is 10.2 Å². The number of hydrogen-bond acceptors (Lipinski definition) is 5. The Morgan fingerprint density at radius 1 is 1.10 bits per heavy atom. The lowest BCUT2D eigenvalue weighted by Crippen LogP contribution is -2.46. The van der Waals surface area contributed by atoms with E-state index in [0.29, 0.717) is 12.5 Å². The van der Waals surface area contributed by atoms with Gasteiger partial charge in [0.15, 0.2) is 5.13 Å². The Balaban J connectivity index is 1.33. The summed E-state index contributed by atoms with van der Waals surface area (Å²) >= 11 is 1.71. The molecule has 2 amide bonds. The molecule has 1 aliphatic carbocycles. The summed E-state index contributed by atoms with van der Waals surface area (Å²) in [4.78, 5) is 33.5. The molecule has 2 aliphatic rings. The first-order valence-corrected chi connectivity index (χ1v) is 12.1. The van der Waals surface area contributed by atoms with Crippen LogP contribution in [0.3, 0.4) is 0 Å². The minimum atomic E-state index is -0.418. The van der Waals surface area contributed by atoms with Crippen LogP contribution >= 0.6 is 11.3 Å². The van der Waals surface area contributed by atoms with Crippen LogP contribution in [0.4, 0.5) is 5.13 Å². The Hall–Kier alpha value is -2.15. The van der Waals surface area contributed by atoms with Gasteiger partial charge < -0.3 is 15.5 Å². The number of rotatable bonds is 7. The lowest BCUT2D eigenvalue weighted by Gasteiger charge is -2.34. The number of para-hydroxylation sites is 1. The van der Waals surface area contributed by atoms with Gasteiger partial charge in [0.25, 0.3) is 0 Å². The van der Waals surface area contributed by atoms with Crippen LogP contribution in [0.2, 0.25) is 0 Å². The predicted molar refractivity (Wildman–Crippen MR) is 122 cm³/mol. The summed E-state index contributed by atoms with van der Waals surface area (Å²) in [6, 6.07) is 8.19. The molecule has 2 heterocycles. The van der Waals surface area contributed by atoms with Crippen molar-refractivity contribution in [3.05, 3.63) is 24.3 Å². The van der Waals surface area contributed by atoms with Crippen molar-refractivity contribution in [2.45, 2.75) is 51.4 Å². The maximum Gasteiger partial charge on any atom is 0.237 e. The normalized spacial score (nSPS) is 18.6. The summed E-state index contributed by atoms with van der Waals surface area (Å²) in [5.41, 5.74) is 6.49. The van der Waals surface area contributed by atoms with E-state index in [1.807, 2.05) is 18.2 Å². The van der Waals surface area contributed by atoms with Gasteiger partial charge in [0, 0.05) is 25.6 Å². The second-order valence-corrected chi connectivity index (χ2v) is 9.75. The zero-order chi connectivity index (χ0) is 20.9. The third-order valence-electron chi connectivity index (χ3n) is 6.59. The number of aromatic nitrogens is 1. The first-order valence-electron chi connectivity index (χ1n) is 11.3. The van der Waals surface area contributed by atoms with E-state index in [1.165, 1.54) is 36.8 Å². The highest BCUT2D eigenvalue weighted by Crippen LogP contribution is 2.32. The second-order valence-electron chi connectivity index (χ2n) is 8.74. The number of piperidine rings is 1. The van der Waals surface area contributed by atoms with Gasteiger partial charge in [-0.25, -0.2) is 4.98 Å². The first kappa shape index (κ1) is 21.1. The van der Waals surface area contributed by atoms with Crippen molar-refractivity contribution in [3.8, 4) is 0 Å². The van der Waals surface area contributed by atoms with E-state index >= 15 is 0 Å². The molecule has 1 saturated carbocycles. The third kappa shape index (κ3) is 5.12. The van der Waals surface area contributed by atoms with Crippen LogP contribution in [-0.2, 0) is 9.59 Å². The summed E-state index contributed by atoms with van der Waals surface area (Å²) in [7, 11) is 0. The van der Waals surface area contributed by atoms with Gasteiger partial charge in [-0.05, 0) is 37.3 Å². The number of carbonyl (C=O) groups is 2. The van der Waals surface area contributed by atoms with Crippen molar-refractivity contribution in [2.24, 2.45) is 17.6 Å². The van der Waals surface area contributed by atoms with Crippen LogP contribution in [0.15, 0.2) is 24.3 Å². The third-order valence-corrected chi connectivity index (χ3v) is 7.68. The molecule has 0 unspecified atom stereocenters. The van der Waals surface area contributed by atoms with E-state index in [4.69, 9.17) is 10.7 Å². The van der Waals surface area contributed by atoms with E-state index in [1.54, 1.807) is 16.2 Å². The van der Waals surface area contributed by atoms with Gasteiger partial charge in [-0.2, -0.15) is 0 Å². The van der Waals surface area contributed by atoms with E-state index in [-0.39, 0.29) is 18.4 Å². The molecule has 6 nitrogen and oxygen atoms in total. The molecule has 1 saturated heterocycles. The van der Waals surface area contributed by atoms with Gasteiger partial charge in [0.1, 0.15) is 0 Å². The standard InChI is InChI=1S/C23H32N4O2S/c24-21(28)16-27(13-10-17-6-2-1-3-7-17)22(29)18-11-14-26(15-12-18)23-25-19-8-4-5-9-20(19)30-23/h4-5,8-9,17-18H,1-3,6-7,10-16H2,(H2,24,28). The average molecular weight is 429 g/mol. The predicted octanol–water partition coefficient (Wildman–Crippen LogP) is 3.80. The highest BCUT2D eigenvalue weighted by molar-refractivity contribution is 7.22. The van der Waals surface area contributed by atoms with Crippen molar-refractivity contribution in [3.63, 3.8) is 0 Å². The number of carbonyl (C=O) groups excluding carboxylic acids is 2. The molecule has 1 aromatic carbocycles. The summed E-state index contributed by atoms with van der Waals surface area (Å²) < 4.78 is 1.20. The van der Waals surface area contributed by atoms with E-state index in [2.05, 4.69) is 11.0 Å². The number of fused-ring (bicyclic) bond motifs is 1. The minimum Gasteiger partial charge on any atom is -0.368 e. The highest BCUT2D eigenvalue weighted by atomic mass is 32.1. The van der Waals surface area contributed by atoms with Crippen LogP contribution < -0.4 is 10.6 Å². The van der Waals surface area contributed by atoms with Crippen LogP contribution in [0, 0.1) is 11.8 Å². The smallest absolute Gasteiger partial charge is 0.237 e. The monoisotopic (exact) mass is 428 g/mol. The average Bonchev–Trinajstić information content (AvgIpc) is 3.21. The van der Waals surface area contributed by atoms with Gasteiger partial charge in [0.05, 0.1) is 16.8 Å². The van der Waals surface area contributed by atoms with Gasteiger partial charge in [-0.15, -0.1) is 0 Å². The molecule has 2 aromatic rings. The van der Waals surface area contributed by atoms with Crippen molar-refractivity contribution < 1.29 is 9.59 Å². The SMILES string of the molecule is NC(=O)CN(CCC1CCCCC1)C(=O)C1CCN(c2nc3ccccc3s2)CC1. The van der Waals surface area contributed by atoms with Crippen LogP contribution in [0.1, 0.15) is 51.4 Å². The second kappa shape index (κ2) is 9.77. The van der Waals surface area contributed by atoms with Crippen molar-refractivity contribution in [2.75, 3.05) is 31.1 Å². The van der Waals surface area contributed by atoms with Gasteiger partial charge in [0.2, 0.25) is 11.8 Å². The van der Waals surface area contributed by atoms with Crippen molar-refractivity contribution in [1.82, 2.24) is 9.88 Å². The molecule has 0 spiro atoms. The number of nitrogens with zero attached hydrogens (tertiary/aromatic N) is 3. The van der Waals surface area contributed by atoms with Crippen LogP contribution in [0.5, 0.6) is 0 Å². The van der Waals surface area contributed by atoms with Gasteiger partial charge in [-0.1, -0.05) is 55.6 Å². The van der Waals surface area contributed by atoms with E-state index in [9.17, 15) is 9.59 Å². The zero-order valence-electron chi connectivity index (χ0n) is 17.6. The molecule has 162 valence electrons. The molecule has 1 aromatic heterocycles. The maximum atomic E-state index is 13.2. The van der Waals surface area contributed by atoms with Gasteiger partial charge >= 0.3 is 0 Å². The minimum absolute atomic E-state index is 0.0265. The maximum absolute atomic E-state index is 13.2. The number of benzene rings is 1. The molecular formula is C23H32N4O2S. The highest BCUT2D eigenvalue weighted by Gasteiger charge is 2.30.